The number of ether oxygens (including phenoxy) is 1. The first-order valence-corrected chi connectivity index (χ1v) is 6.97. The van der Waals surface area contributed by atoms with E-state index in [9.17, 15) is 0 Å². The molecule has 5 heteroatoms. The number of hydrogen-bond acceptors (Lipinski definition) is 5. The highest BCUT2D eigenvalue weighted by Gasteiger charge is 2.16. The van der Waals surface area contributed by atoms with Crippen LogP contribution < -0.4 is 10.1 Å². The van der Waals surface area contributed by atoms with E-state index in [0.717, 1.165) is 12.2 Å². The number of hydrogen-bond donors (Lipinski definition) is 1. The van der Waals surface area contributed by atoms with Gasteiger partial charge in [-0.05, 0) is 34.0 Å². The van der Waals surface area contributed by atoms with Gasteiger partial charge >= 0.3 is 0 Å². The van der Waals surface area contributed by atoms with Gasteiger partial charge in [0.2, 0.25) is 11.8 Å². The number of rotatable bonds is 6. The normalized spacial score (nSPS) is 11.4. The van der Waals surface area contributed by atoms with Crippen molar-refractivity contribution < 1.29 is 4.74 Å². The van der Waals surface area contributed by atoms with E-state index in [1.807, 2.05) is 31.7 Å². The number of nitrogens with one attached hydrogen (secondary N) is 1. The van der Waals surface area contributed by atoms with Crippen molar-refractivity contribution in [1.82, 2.24) is 9.97 Å². The molecule has 0 unspecified atom stereocenters. The monoisotopic (exact) mass is 255 g/mol. The topological polar surface area (TPSA) is 47.0 Å². The summed E-state index contributed by atoms with van der Waals surface area (Å²) in [6, 6.07) is 1.84. The standard InChI is InChI=1S/C12H21N3OS/c1-6-16-10-7-9(2)14-11(15-10)13-8-12(3,4)17-5/h7H,6,8H2,1-5H3,(H,13,14,15). The molecule has 1 aromatic rings. The highest BCUT2D eigenvalue weighted by molar-refractivity contribution is 7.99. The second kappa shape index (κ2) is 6.10. The van der Waals surface area contributed by atoms with Crippen LogP contribution in [-0.4, -0.2) is 34.1 Å². The predicted octanol–water partition coefficient (Wildman–Crippen LogP) is 2.74. The fourth-order valence-electron chi connectivity index (χ4n) is 1.20. The van der Waals surface area contributed by atoms with Crippen molar-refractivity contribution in [3.63, 3.8) is 0 Å². The SMILES string of the molecule is CCOc1cc(C)nc(NCC(C)(C)SC)n1. The van der Waals surface area contributed by atoms with Crippen molar-refractivity contribution in [2.45, 2.75) is 32.4 Å². The Bertz CT molecular complexity index is 369. The smallest absolute Gasteiger partial charge is 0.226 e. The second-order valence-corrected chi connectivity index (χ2v) is 5.93. The summed E-state index contributed by atoms with van der Waals surface area (Å²) in [5.41, 5.74) is 0.910. The van der Waals surface area contributed by atoms with E-state index in [-0.39, 0.29) is 4.75 Å². The molecule has 0 aliphatic carbocycles. The third-order valence-electron chi connectivity index (χ3n) is 2.35. The first-order chi connectivity index (χ1) is 7.96. The minimum Gasteiger partial charge on any atom is -0.478 e. The van der Waals surface area contributed by atoms with Gasteiger partial charge in [0.25, 0.3) is 0 Å². The summed E-state index contributed by atoms with van der Waals surface area (Å²) < 4.78 is 5.55. The lowest BCUT2D eigenvalue weighted by Gasteiger charge is -2.22. The van der Waals surface area contributed by atoms with Gasteiger partial charge in [-0.2, -0.15) is 16.7 Å². The van der Waals surface area contributed by atoms with Gasteiger partial charge in [0, 0.05) is 23.1 Å². The van der Waals surface area contributed by atoms with Gasteiger partial charge < -0.3 is 10.1 Å². The van der Waals surface area contributed by atoms with Crippen molar-refractivity contribution in [3.8, 4) is 5.88 Å². The summed E-state index contributed by atoms with van der Waals surface area (Å²) in [5, 5.41) is 3.25. The van der Waals surface area contributed by atoms with Gasteiger partial charge in [-0.25, -0.2) is 4.98 Å². The number of anilines is 1. The number of thioether (sulfide) groups is 1. The molecule has 1 heterocycles. The summed E-state index contributed by atoms with van der Waals surface area (Å²) in [4.78, 5) is 8.65. The van der Waals surface area contributed by atoms with Crippen LogP contribution in [0.5, 0.6) is 5.88 Å². The maximum atomic E-state index is 5.39. The van der Waals surface area contributed by atoms with Gasteiger partial charge in [-0.3, -0.25) is 0 Å². The Balaban J connectivity index is 2.70. The average Bonchev–Trinajstić information content (AvgIpc) is 2.26. The summed E-state index contributed by atoms with van der Waals surface area (Å²) in [6.07, 6.45) is 2.10. The minimum absolute atomic E-state index is 0.166. The maximum Gasteiger partial charge on any atom is 0.226 e. The lowest BCUT2D eigenvalue weighted by atomic mass is 10.2. The van der Waals surface area contributed by atoms with Crippen LogP contribution in [-0.2, 0) is 0 Å². The van der Waals surface area contributed by atoms with E-state index < -0.39 is 0 Å². The molecule has 1 N–H and O–H groups in total. The first kappa shape index (κ1) is 14.1. The van der Waals surface area contributed by atoms with Crippen molar-refractivity contribution >= 4 is 17.7 Å². The molecule has 1 aromatic heterocycles. The fourth-order valence-corrected chi connectivity index (χ4v) is 1.42. The van der Waals surface area contributed by atoms with Crippen LogP contribution in [0.1, 0.15) is 26.5 Å². The Kier molecular flexibility index (Phi) is 5.05. The Morgan fingerprint density at radius 3 is 2.71 bits per heavy atom. The highest BCUT2D eigenvalue weighted by atomic mass is 32.2. The molecule has 0 fully saturated rings. The van der Waals surface area contributed by atoms with Gasteiger partial charge in [-0.1, -0.05) is 0 Å². The Labute approximate surface area is 108 Å². The third-order valence-corrected chi connectivity index (χ3v) is 3.60. The largest absolute Gasteiger partial charge is 0.478 e. The lowest BCUT2D eigenvalue weighted by Crippen LogP contribution is -2.26. The summed E-state index contributed by atoms with van der Waals surface area (Å²) in [7, 11) is 0. The van der Waals surface area contributed by atoms with Gasteiger partial charge in [0.1, 0.15) is 0 Å². The fraction of sp³-hybridized carbons (Fsp3) is 0.667. The van der Waals surface area contributed by atoms with E-state index in [1.165, 1.54) is 0 Å². The average molecular weight is 255 g/mol. The molecular weight excluding hydrogens is 234 g/mol. The zero-order valence-electron chi connectivity index (χ0n) is 11.2. The van der Waals surface area contributed by atoms with Crippen molar-refractivity contribution in [1.29, 1.82) is 0 Å². The van der Waals surface area contributed by atoms with E-state index in [0.29, 0.717) is 18.4 Å². The molecule has 1 rings (SSSR count). The Morgan fingerprint density at radius 2 is 2.12 bits per heavy atom. The van der Waals surface area contributed by atoms with E-state index in [2.05, 4.69) is 35.4 Å². The van der Waals surface area contributed by atoms with Gasteiger partial charge in [0.15, 0.2) is 0 Å². The third kappa shape index (κ3) is 4.81. The van der Waals surface area contributed by atoms with Crippen LogP contribution in [0.15, 0.2) is 6.07 Å². The van der Waals surface area contributed by atoms with Crippen LogP contribution in [0.4, 0.5) is 5.95 Å². The van der Waals surface area contributed by atoms with Crippen LogP contribution in [0.2, 0.25) is 0 Å². The molecule has 17 heavy (non-hydrogen) atoms. The van der Waals surface area contributed by atoms with Crippen molar-refractivity contribution in [2.24, 2.45) is 0 Å². The van der Waals surface area contributed by atoms with E-state index in [4.69, 9.17) is 4.74 Å². The molecule has 4 nitrogen and oxygen atoms in total. The molecule has 0 radical (unpaired) electrons. The molecule has 0 spiro atoms. The molecule has 0 aromatic carbocycles. The maximum absolute atomic E-state index is 5.39. The number of nitrogens with zero attached hydrogens (tertiary/aromatic N) is 2. The van der Waals surface area contributed by atoms with Crippen LogP contribution in [0.3, 0.4) is 0 Å². The van der Waals surface area contributed by atoms with Crippen molar-refractivity contribution in [2.75, 3.05) is 24.7 Å². The minimum atomic E-state index is 0.166. The van der Waals surface area contributed by atoms with Crippen LogP contribution in [0.25, 0.3) is 0 Å². The first-order valence-electron chi connectivity index (χ1n) is 5.74. The molecule has 0 saturated carbocycles. The lowest BCUT2D eigenvalue weighted by molar-refractivity contribution is 0.326. The molecular formula is C12H21N3OS. The van der Waals surface area contributed by atoms with Gasteiger partial charge in [-0.15, -0.1) is 0 Å². The van der Waals surface area contributed by atoms with E-state index in [1.54, 1.807) is 0 Å². The van der Waals surface area contributed by atoms with E-state index >= 15 is 0 Å². The summed E-state index contributed by atoms with van der Waals surface area (Å²) in [5.74, 6) is 1.26. The van der Waals surface area contributed by atoms with Gasteiger partial charge in [0.05, 0.1) is 6.61 Å². The highest BCUT2D eigenvalue weighted by Crippen LogP contribution is 2.21. The summed E-state index contributed by atoms with van der Waals surface area (Å²) >= 11 is 1.82. The zero-order chi connectivity index (χ0) is 12.9. The predicted molar refractivity (Wildman–Crippen MR) is 74.0 cm³/mol. The van der Waals surface area contributed by atoms with Crippen molar-refractivity contribution in [3.05, 3.63) is 11.8 Å². The molecule has 0 aliphatic heterocycles. The summed E-state index contributed by atoms with van der Waals surface area (Å²) in [6.45, 7) is 9.69. The van der Waals surface area contributed by atoms with Crippen LogP contribution >= 0.6 is 11.8 Å². The number of aryl methyl sites for hydroxylation is 1. The molecule has 0 atom stereocenters. The molecule has 0 aliphatic rings. The quantitative estimate of drug-likeness (QED) is 0.847. The Morgan fingerprint density at radius 1 is 1.41 bits per heavy atom. The zero-order valence-corrected chi connectivity index (χ0v) is 12.0. The number of aromatic nitrogens is 2. The molecule has 0 bridgehead atoms. The Hall–Kier alpha value is -0.970. The second-order valence-electron chi connectivity index (χ2n) is 4.42. The molecule has 96 valence electrons. The van der Waals surface area contributed by atoms with Crippen LogP contribution in [0, 0.1) is 6.92 Å². The molecule has 0 amide bonds. The molecule has 0 saturated heterocycles.